The van der Waals surface area contributed by atoms with Crippen LogP contribution < -0.4 is 5.32 Å². The molecule has 1 aliphatic heterocycles. The number of benzene rings is 2. The van der Waals surface area contributed by atoms with Crippen molar-refractivity contribution < 1.29 is 5.11 Å². The maximum Gasteiger partial charge on any atom is 0.152 e. The first-order valence-electron chi connectivity index (χ1n) is 12.5. The standard InChI is InChI=1S/C29H30Cl2N4O/c1-3-20-17-33-26-7-6-21(22-14-24(30)29(36)25(31)15-22)13-23(26)28(20)34-27-12-19(16-32-18(27)2)8-11-35-9-4-5-10-35/h6-7,12-17,36H,3-5,8-11H2,1-2H3,(H,33,34). The van der Waals surface area contributed by atoms with Gasteiger partial charge in [0.2, 0.25) is 0 Å². The summed E-state index contributed by atoms with van der Waals surface area (Å²) in [6.07, 6.45) is 8.38. The van der Waals surface area contributed by atoms with Crippen molar-refractivity contribution in [1.29, 1.82) is 0 Å². The first kappa shape index (κ1) is 24.8. The number of rotatable bonds is 7. The number of aryl methyl sites for hydroxylation is 2. The SMILES string of the molecule is CCc1cnc2ccc(-c3cc(Cl)c(O)c(Cl)c3)cc2c1Nc1cc(CCN2CCCC2)cnc1C. The third-order valence-corrected chi connectivity index (χ3v) is 7.57. The van der Waals surface area contributed by atoms with Gasteiger partial charge in [0, 0.05) is 24.3 Å². The minimum atomic E-state index is -0.104. The summed E-state index contributed by atoms with van der Waals surface area (Å²) in [7, 11) is 0. The number of aromatic nitrogens is 2. The molecular formula is C29H30Cl2N4O. The summed E-state index contributed by atoms with van der Waals surface area (Å²) in [5.41, 5.74) is 8.03. The van der Waals surface area contributed by atoms with Crippen LogP contribution in [-0.4, -0.2) is 39.6 Å². The molecule has 1 saturated heterocycles. The van der Waals surface area contributed by atoms with Crippen LogP contribution in [0.25, 0.3) is 22.0 Å². The lowest BCUT2D eigenvalue weighted by atomic mass is 10.00. The quantitative estimate of drug-likeness (QED) is 0.263. The van der Waals surface area contributed by atoms with Crippen LogP contribution in [0, 0.1) is 6.92 Å². The van der Waals surface area contributed by atoms with E-state index in [0.29, 0.717) is 0 Å². The van der Waals surface area contributed by atoms with E-state index in [-0.39, 0.29) is 15.8 Å². The largest absolute Gasteiger partial charge is 0.505 e. The Hall–Kier alpha value is -2.86. The molecule has 5 nitrogen and oxygen atoms in total. The van der Waals surface area contributed by atoms with Gasteiger partial charge in [-0.3, -0.25) is 9.97 Å². The van der Waals surface area contributed by atoms with Crippen molar-refractivity contribution in [3.8, 4) is 16.9 Å². The number of fused-ring (bicyclic) bond motifs is 1. The molecule has 2 N–H and O–H groups in total. The summed E-state index contributed by atoms with van der Waals surface area (Å²) in [5.74, 6) is -0.104. The van der Waals surface area contributed by atoms with Gasteiger partial charge in [-0.25, -0.2) is 0 Å². The van der Waals surface area contributed by atoms with Crippen molar-refractivity contribution >= 4 is 45.5 Å². The Kier molecular flexibility index (Phi) is 7.33. The van der Waals surface area contributed by atoms with Crippen LogP contribution in [-0.2, 0) is 12.8 Å². The molecule has 186 valence electrons. The highest BCUT2D eigenvalue weighted by Crippen LogP contribution is 2.38. The van der Waals surface area contributed by atoms with Crippen LogP contribution in [0.1, 0.15) is 36.6 Å². The predicted octanol–water partition coefficient (Wildman–Crippen LogP) is 7.56. The molecule has 3 heterocycles. The lowest BCUT2D eigenvalue weighted by Crippen LogP contribution is -2.22. The highest BCUT2D eigenvalue weighted by molar-refractivity contribution is 6.37. The molecule has 1 aliphatic rings. The van der Waals surface area contributed by atoms with Crippen molar-refractivity contribution in [2.45, 2.75) is 39.5 Å². The minimum Gasteiger partial charge on any atom is -0.505 e. The zero-order chi connectivity index (χ0) is 25.2. The molecule has 0 aliphatic carbocycles. The smallest absolute Gasteiger partial charge is 0.152 e. The lowest BCUT2D eigenvalue weighted by Gasteiger charge is -2.18. The molecule has 4 aromatic rings. The van der Waals surface area contributed by atoms with Gasteiger partial charge in [-0.15, -0.1) is 0 Å². The number of aromatic hydroxyl groups is 1. The van der Waals surface area contributed by atoms with Crippen LogP contribution in [0.3, 0.4) is 0 Å². The Labute approximate surface area is 222 Å². The molecule has 0 amide bonds. The fourth-order valence-corrected chi connectivity index (χ4v) is 5.32. The molecule has 2 aromatic carbocycles. The third kappa shape index (κ3) is 5.15. The second-order valence-electron chi connectivity index (χ2n) is 9.43. The average molecular weight is 521 g/mol. The van der Waals surface area contributed by atoms with Crippen LogP contribution in [0.4, 0.5) is 11.4 Å². The normalized spacial score (nSPS) is 14.0. The molecule has 2 aromatic heterocycles. The monoisotopic (exact) mass is 520 g/mol. The summed E-state index contributed by atoms with van der Waals surface area (Å²) in [5, 5.41) is 15.1. The first-order chi connectivity index (χ1) is 17.4. The van der Waals surface area contributed by atoms with Crippen LogP contribution in [0.5, 0.6) is 5.75 Å². The summed E-state index contributed by atoms with van der Waals surface area (Å²) in [6.45, 7) is 7.65. The minimum absolute atomic E-state index is 0.104. The number of phenolic OH excluding ortho intramolecular Hbond substituents is 1. The third-order valence-electron chi connectivity index (χ3n) is 7.00. The summed E-state index contributed by atoms with van der Waals surface area (Å²) >= 11 is 12.4. The summed E-state index contributed by atoms with van der Waals surface area (Å²) in [6, 6.07) is 11.8. The van der Waals surface area contributed by atoms with E-state index in [4.69, 9.17) is 33.2 Å². The van der Waals surface area contributed by atoms with Crippen LogP contribution >= 0.6 is 23.2 Å². The maximum absolute atomic E-state index is 9.98. The number of pyridine rings is 2. The number of anilines is 2. The molecule has 0 spiro atoms. The van der Waals surface area contributed by atoms with Gasteiger partial charge in [0.1, 0.15) is 0 Å². The zero-order valence-corrected chi connectivity index (χ0v) is 22.1. The van der Waals surface area contributed by atoms with Gasteiger partial charge >= 0.3 is 0 Å². The summed E-state index contributed by atoms with van der Waals surface area (Å²) < 4.78 is 0. The van der Waals surface area contributed by atoms with Gasteiger partial charge in [-0.2, -0.15) is 0 Å². The van der Waals surface area contributed by atoms with E-state index >= 15 is 0 Å². The number of nitrogens with zero attached hydrogens (tertiary/aromatic N) is 3. The lowest BCUT2D eigenvalue weighted by molar-refractivity contribution is 0.343. The highest BCUT2D eigenvalue weighted by Gasteiger charge is 2.15. The Morgan fingerprint density at radius 1 is 0.972 bits per heavy atom. The van der Waals surface area contributed by atoms with Crippen molar-refractivity contribution in [2.24, 2.45) is 0 Å². The molecule has 36 heavy (non-hydrogen) atoms. The van der Waals surface area contributed by atoms with E-state index in [2.05, 4.69) is 29.3 Å². The molecule has 0 saturated carbocycles. The van der Waals surface area contributed by atoms with Gasteiger partial charge < -0.3 is 15.3 Å². The van der Waals surface area contributed by atoms with E-state index in [0.717, 1.165) is 64.0 Å². The van der Waals surface area contributed by atoms with Crippen molar-refractivity contribution in [2.75, 3.05) is 25.0 Å². The molecule has 5 rings (SSSR count). The first-order valence-corrected chi connectivity index (χ1v) is 13.2. The average Bonchev–Trinajstić information content (AvgIpc) is 3.41. The second-order valence-corrected chi connectivity index (χ2v) is 10.2. The molecular weight excluding hydrogens is 491 g/mol. The number of hydrogen-bond donors (Lipinski definition) is 2. The van der Waals surface area contributed by atoms with Gasteiger partial charge in [0.05, 0.1) is 32.6 Å². The Balaban J connectivity index is 1.52. The predicted molar refractivity (Wildman–Crippen MR) is 150 cm³/mol. The number of hydrogen-bond acceptors (Lipinski definition) is 5. The van der Waals surface area contributed by atoms with Crippen molar-refractivity contribution in [3.63, 3.8) is 0 Å². The molecule has 7 heteroatoms. The highest BCUT2D eigenvalue weighted by atomic mass is 35.5. The zero-order valence-electron chi connectivity index (χ0n) is 20.6. The number of nitrogens with one attached hydrogen (secondary N) is 1. The van der Waals surface area contributed by atoms with Crippen molar-refractivity contribution in [1.82, 2.24) is 14.9 Å². The Morgan fingerprint density at radius 3 is 2.44 bits per heavy atom. The molecule has 0 atom stereocenters. The van der Waals surface area contributed by atoms with Crippen LogP contribution in [0.2, 0.25) is 10.0 Å². The second kappa shape index (κ2) is 10.6. The van der Waals surface area contributed by atoms with Gasteiger partial charge in [0.15, 0.2) is 5.75 Å². The molecule has 0 bridgehead atoms. The fourth-order valence-electron chi connectivity index (χ4n) is 4.83. The number of phenols is 1. The Bertz CT molecular complexity index is 1390. The van der Waals surface area contributed by atoms with E-state index in [9.17, 15) is 5.11 Å². The topological polar surface area (TPSA) is 61.3 Å². The maximum atomic E-state index is 9.98. The number of halogens is 2. The van der Waals surface area contributed by atoms with E-state index in [1.54, 1.807) is 12.1 Å². The molecule has 1 fully saturated rings. The fraction of sp³-hybridized carbons (Fsp3) is 0.310. The van der Waals surface area contributed by atoms with Crippen LogP contribution in [0.15, 0.2) is 48.8 Å². The molecule has 0 unspecified atom stereocenters. The van der Waals surface area contributed by atoms with Gasteiger partial charge in [-0.1, -0.05) is 36.2 Å². The molecule has 0 radical (unpaired) electrons. The Morgan fingerprint density at radius 2 is 1.72 bits per heavy atom. The van der Waals surface area contributed by atoms with E-state index < -0.39 is 0 Å². The summed E-state index contributed by atoms with van der Waals surface area (Å²) in [4.78, 5) is 11.9. The van der Waals surface area contributed by atoms with E-state index in [1.165, 1.54) is 31.5 Å². The van der Waals surface area contributed by atoms with Crippen molar-refractivity contribution in [3.05, 3.63) is 75.7 Å². The van der Waals surface area contributed by atoms with Gasteiger partial charge in [0.25, 0.3) is 0 Å². The number of likely N-dealkylation sites (tertiary alicyclic amines) is 1. The van der Waals surface area contributed by atoms with Gasteiger partial charge in [-0.05, 0) is 98.3 Å². The van der Waals surface area contributed by atoms with E-state index in [1.807, 2.05) is 31.5 Å².